The van der Waals surface area contributed by atoms with Crippen molar-refractivity contribution in [3.63, 3.8) is 0 Å². The van der Waals surface area contributed by atoms with Gasteiger partial charge in [0, 0.05) is 19.5 Å². The molecule has 0 radical (unpaired) electrons. The molecule has 0 aliphatic heterocycles. The fourth-order valence-corrected chi connectivity index (χ4v) is 1.83. The second-order valence-electron chi connectivity index (χ2n) is 4.11. The van der Waals surface area contributed by atoms with Crippen LogP contribution in [-0.2, 0) is 11.9 Å². The Bertz CT molecular complexity index is 709. The molecule has 0 saturated carbocycles. The minimum atomic E-state index is -0.478. The van der Waals surface area contributed by atoms with Crippen molar-refractivity contribution >= 4 is 16.7 Å². The molecular formula is C13H13FN2O3. The molecule has 0 fully saturated rings. The Morgan fingerprint density at radius 3 is 2.68 bits per heavy atom. The fraction of sp³-hybridized carbons (Fsp3) is 0.231. The number of pyridine rings is 1. The van der Waals surface area contributed by atoms with E-state index in [2.05, 4.69) is 0 Å². The van der Waals surface area contributed by atoms with Gasteiger partial charge in [-0.1, -0.05) is 0 Å². The predicted molar refractivity (Wildman–Crippen MR) is 68.2 cm³/mol. The fourth-order valence-electron chi connectivity index (χ4n) is 1.83. The van der Waals surface area contributed by atoms with Gasteiger partial charge in [0.15, 0.2) is 0 Å². The standard InChI is InChI=1S/C13H13FN2O3/c1-15-11(13(18)16(2)19-3)7-8-6-9(14)4-5-10(8)12(15)17/h4-7H,1-3H3. The number of carbonyl (C=O) groups is 1. The van der Waals surface area contributed by atoms with Crippen LogP contribution in [0, 0.1) is 5.82 Å². The summed E-state index contributed by atoms with van der Waals surface area (Å²) in [5.74, 6) is -0.937. The summed E-state index contributed by atoms with van der Waals surface area (Å²) < 4.78 is 14.4. The van der Waals surface area contributed by atoms with Gasteiger partial charge < -0.3 is 4.57 Å². The van der Waals surface area contributed by atoms with Gasteiger partial charge in [-0.05, 0) is 29.7 Å². The highest BCUT2D eigenvalue weighted by atomic mass is 19.1. The van der Waals surface area contributed by atoms with E-state index >= 15 is 0 Å². The molecule has 0 aliphatic carbocycles. The molecule has 5 nitrogen and oxygen atoms in total. The van der Waals surface area contributed by atoms with Gasteiger partial charge in [-0.2, -0.15) is 0 Å². The smallest absolute Gasteiger partial charge is 0.293 e. The maximum absolute atomic E-state index is 13.2. The van der Waals surface area contributed by atoms with E-state index < -0.39 is 11.7 Å². The van der Waals surface area contributed by atoms with Crippen LogP contribution in [0.15, 0.2) is 29.1 Å². The highest BCUT2D eigenvalue weighted by Gasteiger charge is 2.17. The van der Waals surface area contributed by atoms with Gasteiger partial charge >= 0.3 is 0 Å². The minimum absolute atomic E-state index is 0.132. The first kappa shape index (κ1) is 13.2. The molecule has 1 heterocycles. The van der Waals surface area contributed by atoms with Gasteiger partial charge in [0.05, 0.1) is 7.11 Å². The lowest BCUT2D eigenvalue weighted by Crippen LogP contribution is -2.32. The van der Waals surface area contributed by atoms with Crippen LogP contribution in [0.1, 0.15) is 10.5 Å². The first-order chi connectivity index (χ1) is 8.95. The minimum Gasteiger partial charge on any atom is -0.306 e. The highest BCUT2D eigenvalue weighted by molar-refractivity contribution is 5.96. The summed E-state index contributed by atoms with van der Waals surface area (Å²) in [4.78, 5) is 28.9. The lowest BCUT2D eigenvalue weighted by molar-refractivity contribution is -0.0763. The Hall–Kier alpha value is -2.21. The van der Waals surface area contributed by atoms with Gasteiger partial charge in [-0.25, -0.2) is 9.45 Å². The van der Waals surface area contributed by atoms with Gasteiger partial charge in [-0.15, -0.1) is 0 Å². The molecule has 6 heteroatoms. The molecule has 0 bridgehead atoms. The van der Waals surface area contributed by atoms with Crippen LogP contribution < -0.4 is 5.56 Å². The summed E-state index contributed by atoms with van der Waals surface area (Å²) in [6, 6.07) is 5.31. The molecule has 0 N–H and O–H groups in total. The van der Waals surface area contributed by atoms with E-state index in [-0.39, 0.29) is 11.3 Å². The van der Waals surface area contributed by atoms with Crippen molar-refractivity contribution in [2.75, 3.05) is 14.2 Å². The van der Waals surface area contributed by atoms with Crippen molar-refractivity contribution in [3.05, 3.63) is 46.1 Å². The number of halogens is 1. The Kier molecular flexibility index (Phi) is 3.35. The van der Waals surface area contributed by atoms with Gasteiger partial charge in [0.25, 0.3) is 11.5 Å². The third-order valence-electron chi connectivity index (χ3n) is 2.98. The van der Waals surface area contributed by atoms with E-state index in [1.807, 2.05) is 0 Å². The SMILES string of the molecule is CON(C)C(=O)c1cc2cc(F)ccc2c(=O)n1C. The van der Waals surface area contributed by atoms with Crippen molar-refractivity contribution in [2.45, 2.75) is 0 Å². The summed E-state index contributed by atoms with van der Waals surface area (Å²) in [5, 5.41) is 1.75. The monoisotopic (exact) mass is 264 g/mol. The maximum atomic E-state index is 13.2. The molecular weight excluding hydrogens is 251 g/mol. The number of rotatable bonds is 2. The zero-order valence-electron chi connectivity index (χ0n) is 10.8. The number of fused-ring (bicyclic) bond motifs is 1. The van der Waals surface area contributed by atoms with Crippen molar-refractivity contribution in [3.8, 4) is 0 Å². The summed E-state index contributed by atoms with van der Waals surface area (Å²) in [6.07, 6.45) is 0. The number of hydroxylamine groups is 2. The van der Waals surface area contributed by atoms with Crippen LogP contribution in [-0.4, -0.2) is 29.7 Å². The molecule has 19 heavy (non-hydrogen) atoms. The molecule has 1 aromatic heterocycles. The summed E-state index contributed by atoms with van der Waals surface area (Å²) in [5.41, 5.74) is -0.224. The molecule has 0 unspecified atom stereocenters. The van der Waals surface area contributed by atoms with Crippen molar-refractivity contribution in [1.29, 1.82) is 0 Å². The van der Waals surface area contributed by atoms with Gasteiger partial charge in [0.1, 0.15) is 11.5 Å². The number of carbonyl (C=O) groups excluding carboxylic acids is 1. The predicted octanol–water partition coefficient (Wildman–Crippen LogP) is 1.31. The van der Waals surface area contributed by atoms with Crippen LogP contribution in [0.3, 0.4) is 0 Å². The van der Waals surface area contributed by atoms with E-state index in [0.29, 0.717) is 10.8 Å². The lowest BCUT2D eigenvalue weighted by Gasteiger charge is -2.16. The average Bonchev–Trinajstić information content (AvgIpc) is 2.40. The van der Waals surface area contributed by atoms with E-state index in [0.717, 1.165) is 5.06 Å². The molecule has 0 spiro atoms. The number of aromatic nitrogens is 1. The van der Waals surface area contributed by atoms with Crippen molar-refractivity contribution in [2.24, 2.45) is 7.05 Å². The van der Waals surface area contributed by atoms with Crippen LogP contribution in [0.5, 0.6) is 0 Å². The normalized spacial score (nSPS) is 10.7. The summed E-state index contributed by atoms with van der Waals surface area (Å²) in [7, 11) is 4.27. The Morgan fingerprint density at radius 2 is 2.05 bits per heavy atom. The second kappa shape index (κ2) is 4.81. The number of hydrogen-bond acceptors (Lipinski definition) is 3. The molecule has 2 aromatic rings. The number of hydrogen-bond donors (Lipinski definition) is 0. The van der Waals surface area contributed by atoms with Crippen molar-refractivity contribution in [1.82, 2.24) is 9.63 Å². The van der Waals surface area contributed by atoms with Crippen LogP contribution in [0.25, 0.3) is 10.8 Å². The largest absolute Gasteiger partial charge is 0.306 e. The number of amides is 1. The topological polar surface area (TPSA) is 51.5 Å². The molecule has 0 saturated heterocycles. The Balaban J connectivity index is 2.73. The van der Waals surface area contributed by atoms with Crippen molar-refractivity contribution < 1.29 is 14.0 Å². The molecule has 1 aromatic carbocycles. The number of benzene rings is 1. The Morgan fingerprint density at radius 1 is 1.37 bits per heavy atom. The van der Waals surface area contributed by atoms with E-state index in [1.165, 1.54) is 50.0 Å². The molecule has 0 atom stereocenters. The van der Waals surface area contributed by atoms with Crippen LogP contribution >= 0.6 is 0 Å². The van der Waals surface area contributed by atoms with E-state index in [1.54, 1.807) is 0 Å². The average molecular weight is 264 g/mol. The molecule has 1 amide bonds. The zero-order chi connectivity index (χ0) is 14.2. The van der Waals surface area contributed by atoms with Gasteiger partial charge in [-0.3, -0.25) is 14.4 Å². The zero-order valence-corrected chi connectivity index (χ0v) is 10.8. The number of nitrogens with zero attached hydrogens (tertiary/aromatic N) is 2. The molecule has 0 aliphatic rings. The first-order valence-electron chi connectivity index (χ1n) is 5.57. The summed E-state index contributed by atoms with van der Waals surface area (Å²) >= 11 is 0. The molecule has 2 rings (SSSR count). The third-order valence-corrected chi connectivity index (χ3v) is 2.98. The molecule has 100 valence electrons. The van der Waals surface area contributed by atoms with E-state index in [9.17, 15) is 14.0 Å². The highest BCUT2D eigenvalue weighted by Crippen LogP contribution is 2.14. The van der Waals surface area contributed by atoms with E-state index in [4.69, 9.17) is 4.84 Å². The first-order valence-corrected chi connectivity index (χ1v) is 5.57. The summed E-state index contributed by atoms with van der Waals surface area (Å²) in [6.45, 7) is 0. The quantitative estimate of drug-likeness (QED) is 0.768. The lowest BCUT2D eigenvalue weighted by atomic mass is 10.1. The second-order valence-corrected chi connectivity index (χ2v) is 4.11. The van der Waals surface area contributed by atoms with Gasteiger partial charge in [0.2, 0.25) is 0 Å². The van der Waals surface area contributed by atoms with Crippen LogP contribution in [0.4, 0.5) is 4.39 Å². The third kappa shape index (κ3) is 2.22. The Labute approximate surface area is 108 Å². The van der Waals surface area contributed by atoms with Crippen LogP contribution in [0.2, 0.25) is 0 Å². The maximum Gasteiger partial charge on any atom is 0.293 e.